The van der Waals surface area contributed by atoms with E-state index in [2.05, 4.69) is 33.0 Å². The second-order valence-electron chi connectivity index (χ2n) is 7.31. The molecule has 2 atom stereocenters. The fourth-order valence-electron chi connectivity index (χ4n) is 3.78. The lowest BCUT2D eigenvalue weighted by Crippen LogP contribution is -2.72. The van der Waals surface area contributed by atoms with E-state index in [1.54, 1.807) is 0 Å². The van der Waals surface area contributed by atoms with E-state index >= 15 is 0 Å². The second kappa shape index (κ2) is 6.37. The molecule has 2 unspecified atom stereocenters. The Labute approximate surface area is 128 Å². The van der Waals surface area contributed by atoms with Crippen LogP contribution in [0.25, 0.3) is 0 Å². The number of nitrogens with zero attached hydrogens (tertiary/aromatic N) is 1. The van der Waals surface area contributed by atoms with Crippen molar-refractivity contribution in [2.24, 2.45) is 11.8 Å². The maximum atomic E-state index is 13.1. The normalized spacial score (nSPS) is 27.1. The molecule has 1 saturated heterocycles. The maximum absolute atomic E-state index is 13.1. The lowest BCUT2D eigenvalue weighted by Gasteiger charge is -2.49. The van der Waals surface area contributed by atoms with Crippen molar-refractivity contribution in [3.63, 3.8) is 0 Å². The molecule has 0 bridgehead atoms. The fourth-order valence-corrected chi connectivity index (χ4v) is 3.78. The van der Waals surface area contributed by atoms with Crippen molar-refractivity contribution < 1.29 is 9.59 Å². The van der Waals surface area contributed by atoms with E-state index in [-0.39, 0.29) is 23.8 Å². The summed E-state index contributed by atoms with van der Waals surface area (Å²) in [6.07, 6.45) is 5.76. The molecule has 0 aromatic rings. The zero-order chi connectivity index (χ0) is 15.6. The minimum absolute atomic E-state index is 0.0616. The average molecular weight is 294 g/mol. The molecule has 1 spiro atoms. The summed E-state index contributed by atoms with van der Waals surface area (Å²) in [5.74, 6) is 0.813. The Kier molecular flexibility index (Phi) is 4.95. The zero-order valence-electron chi connectivity index (χ0n) is 13.9. The van der Waals surface area contributed by atoms with E-state index in [0.717, 1.165) is 32.1 Å². The second-order valence-corrected chi connectivity index (χ2v) is 7.31. The van der Waals surface area contributed by atoms with Gasteiger partial charge in [-0.3, -0.25) is 9.59 Å². The van der Waals surface area contributed by atoms with Gasteiger partial charge in [-0.15, -0.1) is 0 Å². The summed E-state index contributed by atoms with van der Waals surface area (Å²) < 4.78 is 0. The van der Waals surface area contributed by atoms with Crippen LogP contribution in [-0.4, -0.2) is 34.8 Å². The molecule has 120 valence electrons. The van der Waals surface area contributed by atoms with Gasteiger partial charge in [0.05, 0.1) is 0 Å². The molecular formula is C17H30N2O2. The minimum Gasteiger partial charge on any atom is -0.340 e. The van der Waals surface area contributed by atoms with Crippen LogP contribution in [0.15, 0.2) is 0 Å². The molecule has 1 saturated carbocycles. The van der Waals surface area contributed by atoms with E-state index in [0.29, 0.717) is 12.5 Å². The first-order valence-electron chi connectivity index (χ1n) is 8.54. The molecule has 1 aliphatic carbocycles. The number of hydrogen-bond acceptors (Lipinski definition) is 2. The van der Waals surface area contributed by atoms with E-state index in [9.17, 15) is 9.59 Å². The summed E-state index contributed by atoms with van der Waals surface area (Å²) in [5.41, 5.74) is -0.603. The first kappa shape index (κ1) is 16.3. The highest BCUT2D eigenvalue weighted by atomic mass is 16.2. The molecule has 1 aliphatic heterocycles. The highest BCUT2D eigenvalue weighted by Gasteiger charge is 2.51. The van der Waals surface area contributed by atoms with Crippen molar-refractivity contribution in [1.29, 1.82) is 0 Å². The monoisotopic (exact) mass is 294 g/mol. The molecule has 0 aromatic heterocycles. The van der Waals surface area contributed by atoms with Crippen LogP contribution in [0.4, 0.5) is 0 Å². The largest absolute Gasteiger partial charge is 0.340 e. The van der Waals surface area contributed by atoms with Crippen molar-refractivity contribution in [2.45, 2.75) is 77.8 Å². The van der Waals surface area contributed by atoms with Crippen LogP contribution in [0, 0.1) is 11.8 Å². The highest BCUT2D eigenvalue weighted by molar-refractivity contribution is 6.00. The SMILES string of the molecule is CCC(C)C1C(=O)NC2(CCCCC2)C(=O)N1CC(C)C. The molecule has 2 aliphatic rings. The van der Waals surface area contributed by atoms with Gasteiger partial charge in [-0.2, -0.15) is 0 Å². The van der Waals surface area contributed by atoms with Gasteiger partial charge in [0.15, 0.2) is 0 Å². The third kappa shape index (κ3) is 3.09. The van der Waals surface area contributed by atoms with Crippen molar-refractivity contribution in [2.75, 3.05) is 6.54 Å². The van der Waals surface area contributed by atoms with Gasteiger partial charge in [-0.05, 0) is 24.7 Å². The summed E-state index contributed by atoms with van der Waals surface area (Å²) in [6, 6.07) is -0.294. The van der Waals surface area contributed by atoms with E-state index < -0.39 is 5.54 Å². The van der Waals surface area contributed by atoms with Crippen molar-refractivity contribution >= 4 is 11.8 Å². The lowest BCUT2D eigenvalue weighted by atomic mass is 9.77. The maximum Gasteiger partial charge on any atom is 0.249 e. The van der Waals surface area contributed by atoms with Crippen molar-refractivity contribution in [3.05, 3.63) is 0 Å². The van der Waals surface area contributed by atoms with E-state index in [1.165, 1.54) is 6.42 Å². The Morgan fingerprint density at radius 2 is 1.81 bits per heavy atom. The van der Waals surface area contributed by atoms with Crippen LogP contribution < -0.4 is 5.32 Å². The van der Waals surface area contributed by atoms with Gasteiger partial charge in [-0.1, -0.05) is 53.4 Å². The van der Waals surface area contributed by atoms with E-state index in [1.807, 2.05) is 4.90 Å². The Morgan fingerprint density at radius 1 is 1.19 bits per heavy atom. The summed E-state index contributed by atoms with van der Waals surface area (Å²) in [5, 5.41) is 3.12. The molecule has 0 radical (unpaired) electrons. The Bertz CT molecular complexity index is 400. The van der Waals surface area contributed by atoms with Crippen molar-refractivity contribution in [3.8, 4) is 0 Å². The van der Waals surface area contributed by atoms with Gasteiger partial charge in [0.25, 0.3) is 0 Å². The first-order valence-corrected chi connectivity index (χ1v) is 8.54. The summed E-state index contributed by atoms with van der Waals surface area (Å²) in [4.78, 5) is 27.7. The standard InChI is InChI=1S/C17H30N2O2/c1-5-13(4)14-15(20)18-17(9-7-6-8-10-17)16(21)19(14)11-12(2)3/h12-14H,5-11H2,1-4H3,(H,18,20). The van der Waals surface area contributed by atoms with Crippen LogP contribution in [-0.2, 0) is 9.59 Å². The molecule has 21 heavy (non-hydrogen) atoms. The highest BCUT2D eigenvalue weighted by Crippen LogP contribution is 2.35. The molecule has 1 heterocycles. The number of hydrogen-bond donors (Lipinski definition) is 1. The number of rotatable bonds is 4. The van der Waals surface area contributed by atoms with E-state index in [4.69, 9.17) is 0 Å². The number of amides is 2. The van der Waals surface area contributed by atoms with Gasteiger partial charge in [0, 0.05) is 6.54 Å². The molecule has 2 fully saturated rings. The fraction of sp³-hybridized carbons (Fsp3) is 0.882. The van der Waals surface area contributed by atoms with Gasteiger partial charge < -0.3 is 10.2 Å². The number of nitrogens with one attached hydrogen (secondary N) is 1. The predicted octanol–water partition coefficient (Wildman–Crippen LogP) is 2.72. The van der Waals surface area contributed by atoms with Crippen LogP contribution >= 0.6 is 0 Å². The predicted molar refractivity (Wildman–Crippen MR) is 83.8 cm³/mol. The third-order valence-corrected chi connectivity index (χ3v) is 5.09. The molecule has 0 aromatic carbocycles. The van der Waals surface area contributed by atoms with Crippen LogP contribution in [0.1, 0.15) is 66.2 Å². The number of carbonyl (C=O) groups is 2. The summed E-state index contributed by atoms with van der Waals surface area (Å²) in [7, 11) is 0. The molecular weight excluding hydrogens is 264 g/mol. The topological polar surface area (TPSA) is 49.4 Å². The Morgan fingerprint density at radius 3 is 2.33 bits per heavy atom. The van der Waals surface area contributed by atoms with Crippen LogP contribution in [0.3, 0.4) is 0 Å². The van der Waals surface area contributed by atoms with Gasteiger partial charge in [0.2, 0.25) is 11.8 Å². The summed E-state index contributed by atoms with van der Waals surface area (Å²) in [6.45, 7) is 9.07. The first-order chi connectivity index (χ1) is 9.91. The number of piperazine rings is 1. The van der Waals surface area contributed by atoms with Crippen LogP contribution in [0.2, 0.25) is 0 Å². The van der Waals surface area contributed by atoms with Gasteiger partial charge >= 0.3 is 0 Å². The number of carbonyl (C=O) groups excluding carboxylic acids is 2. The minimum atomic E-state index is -0.603. The van der Waals surface area contributed by atoms with Gasteiger partial charge in [-0.25, -0.2) is 0 Å². The Balaban J connectivity index is 2.30. The zero-order valence-corrected chi connectivity index (χ0v) is 13.9. The Hall–Kier alpha value is -1.06. The van der Waals surface area contributed by atoms with Crippen LogP contribution in [0.5, 0.6) is 0 Å². The third-order valence-electron chi connectivity index (χ3n) is 5.09. The quantitative estimate of drug-likeness (QED) is 0.866. The lowest BCUT2D eigenvalue weighted by molar-refractivity contribution is -0.159. The van der Waals surface area contributed by atoms with Gasteiger partial charge in [0.1, 0.15) is 11.6 Å². The average Bonchev–Trinajstić information content (AvgIpc) is 2.44. The van der Waals surface area contributed by atoms with Crippen molar-refractivity contribution in [1.82, 2.24) is 10.2 Å². The molecule has 2 rings (SSSR count). The molecule has 4 heteroatoms. The summed E-state index contributed by atoms with van der Waals surface area (Å²) >= 11 is 0. The smallest absolute Gasteiger partial charge is 0.249 e. The molecule has 2 amide bonds. The molecule has 1 N–H and O–H groups in total. The molecule has 4 nitrogen and oxygen atoms in total.